The largest absolute Gasteiger partial charge is 0.388 e. The first-order chi connectivity index (χ1) is 7.83. The molecule has 0 amide bonds. The van der Waals surface area contributed by atoms with Crippen LogP contribution in [0.1, 0.15) is 44.3 Å². The molecule has 1 aliphatic rings. The average Bonchev–Trinajstić information content (AvgIpc) is 2.92. The summed E-state index contributed by atoms with van der Waals surface area (Å²) in [6.45, 7) is 8.43. The minimum atomic E-state index is -0.396. The SMILES string of the molecule is Cc1csc(C2([C@H](O)/C=C/C(C)(C)C)CC2)n1. The lowest BCUT2D eigenvalue weighted by molar-refractivity contribution is 0.177. The molecule has 0 bridgehead atoms. The van der Waals surface area contributed by atoms with Crippen LogP contribution in [0.25, 0.3) is 0 Å². The van der Waals surface area contributed by atoms with Crippen molar-refractivity contribution in [1.29, 1.82) is 0 Å². The normalized spacial score (nSPS) is 20.8. The fourth-order valence-corrected chi connectivity index (χ4v) is 3.01. The summed E-state index contributed by atoms with van der Waals surface area (Å²) in [5.74, 6) is 0. The Hall–Kier alpha value is -0.670. The second-order valence-corrected chi connectivity index (χ2v) is 6.98. The van der Waals surface area contributed by atoms with E-state index in [2.05, 4.69) is 37.2 Å². The van der Waals surface area contributed by atoms with Crippen molar-refractivity contribution in [1.82, 2.24) is 4.98 Å². The predicted octanol–water partition coefficient (Wildman–Crippen LogP) is 3.45. The molecule has 1 aromatic rings. The van der Waals surface area contributed by atoms with Gasteiger partial charge in [-0.05, 0) is 25.2 Å². The number of rotatable bonds is 3. The molecule has 0 unspecified atom stereocenters. The predicted molar refractivity (Wildman–Crippen MR) is 72.4 cm³/mol. The van der Waals surface area contributed by atoms with E-state index in [0.29, 0.717) is 0 Å². The van der Waals surface area contributed by atoms with E-state index >= 15 is 0 Å². The molecular weight excluding hydrogens is 230 g/mol. The second-order valence-electron chi connectivity index (χ2n) is 6.12. The van der Waals surface area contributed by atoms with Crippen LogP contribution in [0, 0.1) is 12.3 Å². The molecule has 0 spiro atoms. The van der Waals surface area contributed by atoms with Crippen molar-refractivity contribution in [3.63, 3.8) is 0 Å². The van der Waals surface area contributed by atoms with E-state index in [0.717, 1.165) is 23.5 Å². The summed E-state index contributed by atoms with van der Waals surface area (Å²) in [4.78, 5) is 4.53. The molecule has 2 nitrogen and oxygen atoms in total. The van der Waals surface area contributed by atoms with Crippen LogP contribution in [0.5, 0.6) is 0 Å². The number of aryl methyl sites for hydroxylation is 1. The van der Waals surface area contributed by atoms with Crippen LogP contribution in [0.3, 0.4) is 0 Å². The van der Waals surface area contributed by atoms with E-state index in [-0.39, 0.29) is 10.8 Å². The molecule has 17 heavy (non-hydrogen) atoms. The maximum Gasteiger partial charge on any atom is 0.102 e. The molecule has 1 aromatic heterocycles. The lowest BCUT2D eigenvalue weighted by Crippen LogP contribution is -2.24. The van der Waals surface area contributed by atoms with Gasteiger partial charge in [0.15, 0.2) is 0 Å². The molecule has 94 valence electrons. The minimum absolute atomic E-state index is 0.0827. The molecule has 1 atom stereocenters. The smallest absolute Gasteiger partial charge is 0.102 e. The third-order valence-electron chi connectivity index (χ3n) is 3.18. The molecular formula is C14H21NOS. The number of aliphatic hydroxyl groups excluding tert-OH is 1. The van der Waals surface area contributed by atoms with E-state index in [4.69, 9.17) is 0 Å². The molecule has 1 aliphatic carbocycles. The van der Waals surface area contributed by atoms with Gasteiger partial charge in [0.05, 0.1) is 11.5 Å². The number of aliphatic hydroxyl groups is 1. The zero-order chi connectivity index (χ0) is 12.7. The van der Waals surface area contributed by atoms with Gasteiger partial charge in [0, 0.05) is 11.1 Å². The Morgan fingerprint density at radius 2 is 2.12 bits per heavy atom. The van der Waals surface area contributed by atoms with Gasteiger partial charge >= 0.3 is 0 Å². The van der Waals surface area contributed by atoms with E-state index in [1.807, 2.05) is 13.0 Å². The van der Waals surface area contributed by atoms with E-state index in [9.17, 15) is 5.11 Å². The molecule has 0 aromatic carbocycles. The molecule has 1 heterocycles. The molecule has 2 rings (SSSR count). The molecule has 1 saturated carbocycles. The van der Waals surface area contributed by atoms with Crippen LogP contribution in [0.4, 0.5) is 0 Å². The highest BCUT2D eigenvalue weighted by Gasteiger charge is 2.51. The zero-order valence-corrected chi connectivity index (χ0v) is 11.8. The van der Waals surface area contributed by atoms with Crippen LogP contribution < -0.4 is 0 Å². The summed E-state index contributed by atoms with van der Waals surface area (Å²) in [7, 11) is 0. The van der Waals surface area contributed by atoms with Gasteiger partial charge in [-0.3, -0.25) is 0 Å². The van der Waals surface area contributed by atoms with Gasteiger partial charge < -0.3 is 5.11 Å². The maximum atomic E-state index is 10.3. The van der Waals surface area contributed by atoms with Gasteiger partial charge in [-0.2, -0.15) is 0 Å². The summed E-state index contributed by atoms with van der Waals surface area (Å²) in [5, 5.41) is 13.5. The Labute approximate surface area is 107 Å². The van der Waals surface area contributed by atoms with Gasteiger partial charge in [0.2, 0.25) is 0 Å². The Kier molecular flexibility index (Phi) is 3.17. The van der Waals surface area contributed by atoms with Crippen LogP contribution in [-0.4, -0.2) is 16.2 Å². The van der Waals surface area contributed by atoms with Crippen molar-refractivity contribution in [2.45, 2.75) is 52.1 Å². The lowest BCUT2D eigenvalue weighted by atomic mass is 9.92. The van der Waals surface area contributed by atoms with Crippen molar-refractivity contribution in [3.8, 4) is 0 Å². The number of nitrogens with zero attached hydrogens (tertiary/aromatic N) is 1. The molecule has 3 heteroatoms. The monoisotopic (exact) mass is 251 g/mol. The van der Waals surface area contributed by atoms with Gasteiger partial charge in [-0.1, -0.05) is 32.9 Å². The summed E-state index contributed by atoms with van der Waals surface area (Å²) in [5.41, 5.74) is 1.10. The van der Waals surface area contributed by atoms with Crippen LogP contribution in [0.15, 0.2) is 17.5 Å². The number of allylic oxidation sites excluding steroid dienone is 1. The highest BCUT2D eigenvalue weighted by molar-refractivity contribution is 7.09. The molecule has 1 fully saturated rings. The van der Waals surface area contributed by atoms with Crippen LogP contribution in [0.2, 0.25) is 0 Å². The molecule has 0 radical (unpaired) electrons. The first kappa shape index (κ1) is 12.8. The fourth-order valence-electron chi connectivity index (χ4n) is 1.92. The highest BCUT2D eigenvalue weighted by atomic mass is 32.1. The molecule has 0 saturated heterocycles. The second kappa shape index (κ2) is 4.21. The molecule has 1 N–H and O–H groups in total. The first-order valence-electron chi connectivity index (χ1n) is 6.14. The first-order valence-corrected chi connectivity index (χ1v) is 7.01. The summed E-state index contributed by atoms with van der Waals surface area (Å²) < 4.78 is 0. The average molecular weight is 251 g/mol. The van der Waals surface area contributed by atoms with Gasteiger partial charge in [-0.25, -0.2) is 4.98 Å². The van der Waals surface area contributed by atoms with Crippen LogP contribution >= 0.6 is 11.3 Å². The quantitative estimate of drug-likeness (QED) is 0.835. The minimum Gasteiger partial charge on any atom is -0.388 e. The van der Waals surface area contributed by atoms with Crippen molar-refractivity contribution >= 4 is 11.3 Å². The summed E-state index contributed by atoms with van der Waals surface area (Å²) in [6.07, 6.45) is 5.75. The Morgan fingerprint density at radius 3 is 2.53 bits per heavy atom. The number of hydrogen-bond acceptors (Lipinski definition) is 3. The Bertz CT molecular complexity index is 424. The third-order valence-corrected chi connectivity index (χ3v) is 4.36. The maximum absolute atomic E-state index is 10.3. The van der Waals surface area contributed by atoms with Gasteiger partial charge in [0.25, 0.3) is 0 Å². The topological polar surface area (TPSA) is 33.1 Å². The van der Waals surface area contributed by atoms with Crippen molar-refractivity contribution < 1.29 is 5.11 Å². The Morgan fingerprint density at radius 1 is 1.47 bits per heavy atom. The van der Waals surface area contributed by atoms with Crippen molar-refractivity contribution in [3.05, 3.63) is 28.2 Å². The van der Waals surface area contributed by atoms with Crippen LogP contribution in [-0.2, 0) is 5.41 Å². The van der Waals surface area contributed by atoms with Gasteiger partial charge in [-0.15, -0.1) is 11.3 Å². The number of aromatic nitrogens is 1. The fraction of sp³-hybridized carbons (Fsp3) is 0.643. The van der Waals surface area contributed by atoms with E-state index in [1.54, 1.807) is 11.3 Å². The lowest BCUT2D eigenvalue weighted by Gasteiger charge is -2.19. The van der Waals surface area contributed by atoms with Crippen molar-refractivity contribution in [2.24, 2.45) is 5.41 Å². The zero-order valence-electron chi connectivity index (χ0n) is 11.0. The van der Waals surface area contributed by atoms with E-state index in [1.165, 1.54) is 0 Å². The summed E-state index contributed by atoms with van der Waals surface area (Å²) >= 11 is 1.68. The summed E-state index contributed by atoms with van der Waals surface area (Å²) in [6, 6.07) is 0. The molecule has 0 aliphatic heterocycles. The van der Waals surface area contributed by atoms with Crippen molar-refractivity contribution in [2.75, 3.05) is 0 Å². The standard InChI is InChI=1S/C14H21NOS/c1-10-9-17-12(15-10)14(7-8-14)11(16)5-6-13(2,3)4/h5-6,9,11,16H,7-8H2,1-4H3/b6-5+/t11-/m1/s1. The highest BCUT2D eigenvalue weighted by Crippen LogP contribution is 2.52. The number of thiazole rings is 1. The number of hydrogen-bond donors (Lipinski definition) is 1. The van der Waals surface area contributed by atoms with Gasteiger partial charge in [0.1, 0.15) is 5.01 Å². The Balaban J connectivity index is 2.14. The third kappa shape index (κ3) is 2.78. The van der Waals surface area contributed by atoms with E-state index < -0.39 is 6.10 Å².